The van der Waals surface area contributed by atoms with Gasteiger partial charge in [0.05, 0.1) is 6.10 Å². The van der Waals surface area contributed by atoms with Crippen LogP contribution in [0.3, 0.4) is 0 Å². The molecule has 0 saturated heterocycles. The summed E-state index contributed by atoms with van der Waals surface area (Å²) in [7, 11) is 0. The van der Waals surface area contributed by atoms with Gasteiger partial charge in [0.2, 0.25) is 0 Å². The summed E-state index contributed by atoms with van der Waals surface area (Å²) in [6, 6.07) is 4.00. The Bertz CT molecular complexity index is 238. The Kier molecular flexibility index (Phi) is 4.25. The van der Waals surface area contributed by atoms with Crippen molar-refractivity contribution in [3.05, 3.63) is 30.1 Å². The maximum atomic E-state index is 9.27. The molecule has 0 spiro atoms. The molecule has 1 aromatic heterocycles. The number of pyridine rings is 1. The van der Waals surface area contributed by atoms with Crippen molar-refractivity contribution in [3.63, 3.8) is 0 Å². The molecule has 1 heterocycles. The fourth-order valence-electron chi connectivity index (χ4n) is 0.846. The predicted octanol–water partition coefficient (Wildman–Crippen LogP) is 2.08. The summed E-state index contributed by atoms with van der Waals surface area (Å²) in [5.41, 5.74) is 1.26. The van der Waals surface area contributed by atoms with E-state index in [9.17, 15) is 5.11 Å². The third kappa shape index (κ3) is 3.79. The molecule has 0 radical (unpaired) electrons. The zero-order valence-corrected chi connectivity index (χ0v) is 8.79. The summed E-state index contributed by atoms with van der Waals surface area (Å²) >= 11 is 1.76. The summed E-state index contributed by atoms with van der Waals surface area (Å²) in [5, 5.41) is 9.55. The number of aliphatic hydroxyl groups is 1. The van der Waals surface area contributed by atoms with Crippen molar-refractivity contribution < 1.29 is 5.11 Å². The van der Waals surface area contributed by atoms with Gasteiger partial charge in [0, 0.05) is 23.4 Å². The number of rotatable bonds is 4. The van der Waals surface area contributed by atoms with Crippen molar-refractivity contribution in [1.82, 2.24) is 4.98 Å². The van der Waals surface area contributed by atoms with Crippen molar-refractivity contribution in [2.45, 2.75) is 31.0 Å². The lowest BCUT2D eigenvalue weighted by Crippen LogP contribution is -2.15. The Morgan fingerprint density at radius 1 is 1.38 bits per heavy atom. The minimum absolute atomic E-state index is 0.244. The first-order valence-electron chi connectivity index (χ1n) is 4.38. The molecule has 0 saturated carbocycles. The van der Waals surface area contributed by atoms with Crippen molar-refractivity contribution in [2.24, 2.45) is 0 Å². The van der Waals surface area contributed by atoms with Gasteiger partial charge in [0.25, 0.3) is 0 Å². The molecule has 0 aromatic carbocycles. The van der Waals surface area contributed by atoms with Crippen LogP contribution >= 0.6 is 11.8 Å². The average Bonchev–Trinajstić information content (AvgIpc) is 2.15. The summed E-state index contributed by atoms with van der Waals surface area (Å²) in [6.45, 7) is 3.86. The molecular formula is C10H15NOS. The number of nitrogens with zero attached hydrogens (tertiary/aromatic N) is 1. The van der Waals surface area contributed by atoms with Gasteiger partial charge >= 0.3 is 0 Å². The standard InChI is InChI=1S/C10H15NOS/c1-8(12)9(2)13-7-10-3-5-11-6-4-10/h3-6,8-9,12H,7H2,1-2H3. The molecular weight excluding hydrogens is 182 g/mol. The number of aliphatic hydroxyl groups excluding tert-OH is 1. The van der Waals surface area contributed by atoms with E-state index in [4.69, 9.17) is 0 Å². The van der Waals surface area contributed by atoms with Gasteiger partial charge in [-0.15, -0.1) is 0 Å². The van der Waals surface area contributed by atoms with Crippen LogP contribution in [0.25, 0.3) is 0 Å². The molecule has 2 atom stereocenters. The molecule has 0 amide bonds. The third-order valence-corrected chi connectivity index (χ3v) is 3.36. The molecule has 2 unspecified atom stereocenters. The summed E-state index contributed by atoms with van der Waals surface area (Å²) in [5.74, 6) is 0.939. The first-order valence-corrected chi connectivity index (χ1v) is 5.43. The second-order valence-electron chi connectivity index (χ2n) is 3.11. The number of thioether (sulfide) groups is 1. The van der Waals surface area contributed by atoms with E-state index in [1.54, 1.807) is 24.2 Å². The summed E-state index contributed by atoms with van der Waals surface area (Å²) < 4.78 is 0. The normalized spacial score (nSPS) is 15.3. The van der Waals surface area contributed by atoms with Crippen LogP contribution in [0.2, 0.25) is 0 Å². The average molecular weight is 197 g/mol. The summed E-state index contributed by atoms with van der Waals surface area (Å²) in [6.07, 6.45) is 3.35. The van der Waals surface area contributed by atoms with E-state index < -0.39 is 0 Å². The van der Waals surface area contributed by atoms with Gasteiger partial charge in [-0.1, -0.05) is 6.92 Å². The Morgan fingerprint density at radius 3 is 2.54 bits per heavy atom. The van der Waals surface area contributed by atoms with Crippen LogP contribution in [-0.4, -0.2) is 21.4 Å². The lowest BCUT2D eigenvalue weighted by Gasteiger charge is -2.13. The van der Waals surface area contributed by atoms with E-state index in [0.717, 1.165) is 5.75 Å². The van der Waals surface area contributed by atoms with Gasteiger partial charge in [-0.2, -0.15) is 11.8 Å². The molecule has 2 nitrogen and oxygen atoms in total. The maximum absolute atomic E-state index is 9.27. The van der Waals surface area contributed by atoms with E-state index in [1.807, 2.05) is 26.0 Å². The molecule has 0 aliphatic heterocycles. The zero-order chi connectivity index (χ0) is 9.68. The van der Waals surface area contributed by atoms with E-state index >= 15 is 0 Å². The number of hydrogen-bond acceptors (Lipinski definition) is 3. The smallest absolute Gasteiger partial charge is 0.0628 e. The maximum Gasteiger partial charge on any atom is 0.0628 e. The lowest BCUT2D eigenvalue weighted by atomic mass is 10.3. The fourth-order valence-corrected chi connectivity index (χ4v) is 1.77. The van der Waals surface area contributed by atoms with Crippen LogP contribution in [0.1, 0.15) is 19.4 Å². The molecule has 1 N–H and O–H groups in total. The minimum atomic E-state index is -0.244. The van der Waals surface area contributed by atoms with Crippen molar-refractivity contribution in [1.29, 1.82) is 0 Å². The largest absolute Gasteiger partial charge is 0.392 e. The van der Waals surface area contributed by atoms with E-state index in [1.165, 1.54) is 5.56 Å². The Labute approximate surface area is 83.4 Å². The van der Waals surface area contributed by atoms with Gasteiger partial charge < -0.3 is 5.11 Å². The van der Waals surface area contributed by atoms with Gasteiger partial charge in [0.15, 0.2) is 0 Å². The van der Waals surface area contributed by atoms with Crippen LogP contribution in [0, 0.1) is 0 Å². The van der Waals surface area contributed by atoms with Gasteiger partial charge in [-0.05, 0) is 24.6 Å². The fraction of sp³-hybridized carbons (Fsp3) is 0.500. The highest BCUT2D eigenvalue weighted by Crippen LogP contribution is 2.19. The van der Waals surface area contributed by atoms with E-state index in [-0.39, 0.29) is 11.4 Å². The molecule has 72 valence electrons. The quantitative estimate of drug-likeness (QED) is 0.802. The van der Waals surface area contributed by atoms with Crippen molar-refractivity contribution in [2.75, 3.05) is 0 Å². The SMILES string of the molecule is CC(O)C(C)SCc1ccncc1. The molecule has 0 fully saturated rings. The highest BCUT2D eigenvalue weighted by atomic mass is 32.2. The number of aromatic nitrogens is 1. The monoisotopic (exact) mass is 197 g/mol. The Hall–Kier alpha value is -0.540. The molecule has 0 aliphatic carbocycles. The summed E-state index contributed by atoms with van der Waals surface area (Å²) in [4.78, 5) is 3.95. The Morgan fingerprint density at radius 2 is 2.00 bits per heavy atom. The molecule has 3 heteroatoms. The predicted molar refractivity (Wildman–Crippen MR) is 56.7 cm³/mol. The first-order chi connectivity index (χ1) is 6.20. The minimum Gasteiger partial charge on any atom is -0.392 e. The van der Waals surface area contributed by atoms with Crippen LogP contribution < -0.4 is 0 Å². The topological polar surface area (TPSA) is 33.1 Å². The van der Waals surface area contributed by atoms with Crippen molar-refractivity contribution in [3.8, 4) is 0 Å². The highest BCUT2D eigenvalue weighted by Gasteiger charge is 2.08. The van der Waals surface area contributed by atoms with Gasteiger partial charge in [-0.3, -0.25) is 4.98 Å². The van der Waals surface area contributed by atoms with Crippen LogP contribution in [0.15, 0.2) is 24.5 Å². The molecule has 13 heavy (non-hydrogen) atoms. The third-order valence-electron chi connectivity index (χ3n) is 1.94. The lowest BCUT2D eigenvalue weighted by molar-refractivity contribution is 0.196. The van der Waals surface area contributed by atoms with Crippen molar-refractivity contribution >= 4 is 11.8 Å². The van der Waals surface area contributed by atoms with E-state index in [2.05, 4.69) is 4.98 Å². The molecule has 1 rings (SSSR count). The Balaban J connectivity index is 2.35. The highest BCUT2D eigenvalue weighted by molar-refractivity contribution is 7.99. The molecule has 0 bridgehead atoms. The second-order valence-corrected chi connectivity index (χ2v) is 4.48. The zero-order valence-electron chi connectivity index (χ0n) is 7.97. The first kappa shape index (κ1) is 10.5. The van der Waals surface area contributed by atoms with Crippen LogP contribution in [-0.2, 0) is 5.75 Å². The van der Waals surface area contributed by atoms with Gasteiger partial charge in [0.1, 0.15) is 0 Å². The second kappa shape index (κ2) is 5.25. The molecule has 1 aromatic rings. The van der Waals surface area contributed by atoms with Crippen LogP contribution in [0.5, 0.6) is 0 Å². The molecule has 0 aliphatic rings. The van der Waals surface area contributed by atoms with Crippen LogP contribution in [0.4, 0.5) is 0 Å². The number of hydrogen-bond donors (Lipinski definition) is 1. The van der Waals surface area contributed by atoms with Gasteiger partial charge in [-0.25, -0.2) is 0 Å². The van der Waals surface area contributed by atoms with E-state index in [0.29, 0.717) is 0 Å².